The first kappa shape index (κ1) is 28.6. The molecule has 4 amide bonds. The van der Waals surface area contributed by atoms with Crippen molar-refractivity contribution in [1.29, 1.82) is 0 Å². The molecule has 0 bridgehead atoms. The van der Waals surface area contributed by atoms with Crippen LogP contribution in [-0.4, -0.2) is 64.1 Å². The van der Waals surface area contributed by atoms with E-state index in [1.54, 1.807) is 12.1 Å². The Morgan fingerprint density at radius 2 is 1.65 bits per heavy atom. The molecule has 1 atom stereocenters. The van der Waals surface area contributed by atoms with E-state index in [2.05, 4.69) is 10.3 Å². The van der Waals surface area contributed by atoms with Gasteiger partial charge in [0.2, 0.25) is 5.91 Å². The van der Waals surface area contributed by atoms with Crippen LogP contribution in [0.25, 0.3) is 11.1 Å². The lowest BCUT2D eigenvalue weighted by Gasteiger charge is -2.50. The first-order valence-electron chi connectivity index (χ1n) is 13.0. The Morgan fingerprint density at radius 1 is 0.977 bits per heavy atom. The first-order chi connectivity index (χ1) is 20.3. The molecule has 1 aromatic heterocycles. The van der Waals surface area contributed by atoms with Gasteiger partial charge in [0, 0.05) is 24.5 Å². The Labute approximate surface area is 240 Å². The molecule has 3 heterocycles. The number of nitrogens with one attached hydrogen (secondary N) is 1. The van der Waals surface area contributed by atoms with Crippen molar-refractivity contribution >= 4 is 17.8 Å². The number of pyridine rings is 1. The van der Waals surface area contributed by atoms with Crippen molar-refractivity contribution in [3.63, 3.8) is 0 Å². The van der Waals surface area contributed by atoms with Crippen LogP contribution < -0.4 is 5.32 Å². The molecule has 2 fully saturated rings. The van der Waals surface area contributed by atoms with Crippen molar-refractivity contribution in [2.24, 2.45) is 0 Å². The Balaban J connectivity index is 1.31. The number of hydrogen-bond donors (Lipinski definition) is 1. The van der Waals surface area contributed by atoms with E-state index < -0.39 is 85.1 Å². The van der Waals surface area contributed by atoms with Gasteiger partial charge in [-0.1, -0.05) is 24.3 Å². The number of benzene rings is 2. The summed E-state index contributed by atoms with van der Waals surface area (Å²) in [5.41, 5.74) is -4.52. The van der Waals surface area contributed by atoms with E-state index in [-0.39, 0.29) is 11.1 Å². The van der Waals surface area contributed by atoms with Crippen LogP contribution in [0.4, 0.5) is 31.1 Å². The summed E-state index contributed by atoms with van der Waals surface area (Å²) in [4.78, 5) is 44.9. The number of hydrogen-bond acceptors (Lipinski definition) is 5. The quantitative estimate of drug-likeness (QED) is 0.331. The molecular weight excluding hydrogens is 582 g/mol. The summed E-state index contributed by atoms with van der Waals surface area (Å²) in [5.74, 6) is -6.66. The maximum Gasteiger partial charge on any atom is 0.416 e. The fourth-order valence-electron chi connectivity index (χ4n) is 5.78. The van der Waals surface area contributed by atoms with Crippen LogP contribution in [0.3, 0.4) is 0 Å². The van der Waals surface area contributed by atoms with Crippen molar-refractivity contribution in [3.05, 3.63) is 89.5 Å². The average molecular weight is 605 g/mol. The summed E-state index contributed by atoms with van der Waals surface area (Å²) in [7, 11) is 0. The molecule has 0 radical (unpaired) electrons. The van der Waals surface area contributed by atoms with Crippen LogP contribution in [0, 0.1) is 5.82 Å². The van der Waals surface area contributed by atoms with Gasteiger partial charge in [-0.2, -0.15) is 13.2 Å². The molecule has 8 nitrogen and oxygen atoms in total. The molecule has 0 unspecified atom stereocenters. The Morgan fingerprint density at radius 3 is 2.26 bits per heavy atom. The SMILES string of the molecule is O=C1N[C@]2(CC(F)(F)c3cc(-c4ccncc4)ccc32)C(=O)N1CC(=O)N(Cc1ccc(F)cc1)C1(C(F)(F)F)COC1. The van der Waals surface area contributed by atoms with Gasteiger partial charge < -0.3 is 15.0 Å². The summed E-state index contributed by atoms with van der Waals surface area (Å²) in [6, 6.07) is 10.4. The van der Waals surface area contributed by atoms with Gasteiger partial charge >= 0.3 is 12.2 Å². The fourth-order valence-corrected chi connectivity index (χ4v) is 5.78. The van der Waals surface area contributed by atoms with Gasteiger partial charge in [0.05, 0.1) is 19.6 Å². The predicted molar refractivity (Wildman–Crippen MR) is 137 cm³/mol. The number of fused-ring (bicyclic) bond motifs is 2. The molecule has 3 aliphatic rings. The average Bonchev–Trinajstić information content (AvgIpc) is 3.30. The third-order valence-corrected chi connectivity index (χ3v) is 8.12. The van der Waals surface area contributed by atoms with Crippen molar-refractivity contribution in [3.8, 4) is 11.1 Å². The molecule has 14 heteroatoms. The van der Waals surface area contributed by atoms with E-state index >= 15 is 8.78 Å². The maximum atomic E-state index is 15.4. The summed E-state index contributed by atoms with van der Waals surface area (Å²) in [6.45, 7) is -3.59. The van der Waals surface area contributed by atoms with Crippen LogP contribution in [0.5, 0.6) is 0 Å². The van der Waals surface area contributed by atoms with Crippen molar-refractivity contribution in [1.82, 2.24) is 20.1 Å². The molecule has 224 valence electrons. The zero-order valence-corrected chi connectivity index (χ0v) is 22.1. The van der Waals surface area contributed by atoms with Gasteiger partial charge in [-0.25, -0.2) is 18.0 Å². The number of carbonyl (C=O) groups excluding carboxylic acids is 3. The molecule has 2 saturated heterocycles. The predicted octanol–water partition coefficient (Wildman–Crippen LogP) is 4.49. The van der Waals surface area contributed by atoms with Crippen molar-refractivity contribution < 1.29 is 45.5 Å². The fraction of sp³-hybridized carbons (Fsp3) is 0.310. The first-order valence-corrected chi connectivity index (χ1v) is 13.0. The number of carbonyl (C=O) groups is 3. The van der Waals surface area contributed by atoms with Crippen LogP contribution in [-0.2, 0) is 32.3 Å². The number of imide groups is 1. The summed E-state index contributed by atoms with van der Waals surface area (Å²) >= 11 is 0. The smallest absolute Gasteiger partial charge is 0.376 e. The van der Waals surface area contributed by atoms with E-state index in [0.717, 1.165) is 12.1 Å². The molecular formula is C29H22F6N4O4. The largest absolute Gasteiger partial charge is 0.416 e. The summed E-state index contributed by atoms with van der Waals surface area (Å²) in [6.07, 6.45) is -3.13. The van der Waals surface area contributed by atoms with E-state index in [4.69, 9.17) is 4.74 Å². The molecule has 0 saturated carbocycles. The number of nitrogens with zero attached hydrogens (tertiary/aromatic N) is 3. The van der Waals surface area contributed by atoms with E-state index in [0.29, 0.717) is 20.9 Å². The zero-order valence-electron chi connectivity index (χ0n) is 22.1. The normalized spacial score (nSPS) is 21.9. The molecule has 1 aliphatic carbocycles. The summed E-state index contributed by atoms with van der Waals surface area (Å²) < 4.78 is 91.8. The molecule has 2 aliphatic heterocycles. The van der Waals surface area contributed by atoms with Gasteiger partial charge in [0.15, 0.2) is 11.1 Å². The Kier molecular flexibility index (Phi) is 6.53. The highest BCUT2D eigenvalue weighted by molar-refractivity contribution is 6.10. The molecule has 43 heavy (non-hydrogen) atoms. The van der Waals surface area contributed by atoms with Gasteiger partial charge in [0.1, 0.15) is 12.4 Å². The molecule has 1 spiro atoms. The zero-order chi connectivity index (χ0) is 30.8. The van der Waals surface area contributed by atoms with Crippen molar-refractivity contribution in [2.45, 2.75) is 36.1 Å². The molecule has 3 aromatic rings. The lowest BCUT2D eigenvalue weighted by molar-refractivity contribution is -0.302. The van der Waals surface area contributed by atoms with E-state index in [1.807, 2.05) is 0 Å². The van der Waals surface area contributed by atoms with E-state index in [9.17, 15) is 31.9 Å². The monoisotopic (exact) mass is 604 g/mol. The number of aromatic nitrogens is 1. The minimum Gasteiger partial charge on any atom is -0.376 e. The lowest BCUT2D eigenvalue weighted by atomic mass is 9.90. The highest BCUT2D eigenvalue weighted by Crippen LogP contribution is 2.53. The van der Waals surface area contributed by atoms with Crippen LogP contribution >= 0.6 is 0 Å². The number of ether oxygens (including phenoxy) is 1. The number of urea groups is 1. The van der Waals surface area contributed by atoms with Crippen LogP contribution in [0.15, 0.2) is 67.0 Å². The minimum atomic E-state index is -4.96. The van der Waals surface area contributed by atoms with Gasteiger partial charge in [-0.15, -0.1) is 0 Å². The number of halogens is 6. The van der Waals surface area contributed by atoms with Crippen LogP contribution in [0.1, 0.15) is 23.1 Å². The highest BCUT2D eigenvalue weighted by atomic mass is 19.4. The number of rotatable bonds is 6. The third-order valence-electron chi connectivity index (χ3n) is 8.12. The second-order valence-electron chi connectivity index (χ2n) is 10.7. The molecule has 2 aromatic carbocycles. The van der Waals surface area contributed by atoms with Gasteiger partial charge in [-0.05, 0) is 52.6 Å². The number of alkyl halides is 5. The second kappa shape index (κ2) is 9.79. The maximum absolute atomic E-state index is 15.4. The Hall–Kier alpha value is -4.46. The second-order valence-corrected chi connectivity index (χ2v) is 10.7. The Bertz CT molecular complexity index is 1610. The summed E-state index contributed by atoms with van der Waals surface area (Å²) in [5, 5.41) is 2.29. The standard InChI is InChI=1S/C29H22F6N4O4/c30-20-4-1-17(2-5-20)12-39(26(15-43-16-26)29(33,34)35)23(40)13-38-24(41)27(37-25(38)42)14-28(31,32)22-11-19(3-6-21(22)27)18-7-9-36-10-8-18/h1-11H,12-16H2,(H,37,42)/t27-/m0/s1. The van der Waals surface area contributed by atoms with Gasteiger partial charge in [-0.3, -0.25) is 19.5 Å². The molecule has 1 N–H and O–H groups in total. The topological polar surface area (TPSA) is 91.8 Å². The lowest BCUT2D eigenvalue weighted by Crippen LogP contribution is -2.72. The number of amides is 4. The van der Waals surface area contributed by atoms with Gasteiger partial charge in [0.25, 0.3) is 11.8 Å². The third kappa shape index (κ3) is 4.51. The minimum absolute atomic E-state index is 0.147. The van der Waals surface area contributed by atoms with Crippen LogP contribution in [0.2, 0.25) is 0 Å². The molecule has 6 rings (SSSR count). The van der Waals surface area contributed by atoms with E-state index in [1.165, 1.54) is 42.7 Å². The van der Waals surface area contributed by atoms with Crippen molar-refractivity contribution in [2.75, 3.05) is 19.8 Å². The highest BCUT2D eigenvalue weighted by Gasteiger charge is 2.67.